The molecule has 2 heterocycles. The fraction of sp³-hybridized carbons (Fsp3) is 0.333. The fourth-order valence-corrected chi connectivity index (χ4v) is 1.43. The smallest absolute Gasteiger partial charge is 0.339 e. The predicted octanol–water partition coefficient (Wildman–Crippen LogP) is 0.396. The van der Waals surface area contributed by atoms with Gasteiger partial charge in [0.2, 0.25) is 0 Å². The van der Waals surface area contributed by atoms with Gasteiger partial charge in [-0.05, 0) is 24.6 Å². The molecule has 1 aliphatic rings. The number of pyridine rings is 1. The first-order valence-corrected chi connectivity index (χ1v) is 4.40. The summed E-state index contributed by atoms with van der Waals surface area (Å²) in [7, 11) is 0. The predicted molar refractivity (Wildman–Crippen MR) is 51.0 cm³/mol. The van der Waals surface area contributed by atoms with Crippen LogP contribution in [0.4, 0.5) is 5.82 Å². The van der Waals surface area contributed by atoms with Crippen LogP contribution in [-0.4, -0.2) is 22.6 Å². The third-order valence-electron chi connectivity index (χ3n) is 2.40. The van der Waals surface area contributed by atoms with Crippen LogP contribution in [0, 0.1) is 0 Å². The van der Waals surface area contributed by atoms with Crippen molar-refractivity contribution in [3.63, 3.8) is 0 Å². The number of carbonyl (C=O) groups is 1. The van der Waals surface area contributed by atoms with E-state index in [0.29, 0.717) is 0 Å². The Kier molecular flexibility index (Phi) is 2.09. The molecular weight excluding hydrogens is 182 g/mol. The maximum absolute atomic E-state index is 10.8. The van der Waals surface area contributed by atoms with Gasteiger partial charge in [0.05, 0.1) is 0 Å². The molecule has 0 unspecified atom stereocenters. The largest absolute Gasteiger partial charge is 0.478 e. The summed E-state index contributed by atoms with van der Waals surface area (Å²) in [6.45, 7) is 0.970. The molecule has 5 nitrogen and oxygen atoms in total. The zero-order valence-electron chi connectivity index (χ0n) is 7.53. The maximum Gasteiger partial charge on any atom is 0.339 e. The van der Waals surface area contributed by atoms with E-state index in [2.05, 4.69) is 10.3 Å². The Labute approximate surface area is 81.0 Å². The summed E-state index contributed by atoms with van der Waals surface area (Å²) in [6.07, 6.45) is 2.64. The number of aromatic nitrogens is 1. The van der Waals surface area contributed by atoms with E-state index in [1.54, 1.807) is 12.3 Å². The highest BCUT2D eigenvalue weighted by molar-refractivity contribution is 5.92. The molecular formula is C9H11N3O2. The number of nitrogens with zero attached hydrogens (tertiary/aromatic N) is 1. The number of carboxylic acids is 1. The van der Waals surface area contributed by atoms with Crippen LogP contribution in [0.1, 0.15) is 28.4 Å². The average Bonchev–Trinajstić information content (AvgIpc) is 2.04. The highest BCUT2D eigenvalue weighted by Gasteiger charge is 2.20. The number of aromatic carboxylic acids is 1. The number of hydrogen-bond donors (Lipinski definition) is 3. The molecule has 0 spiro atoms. The zero-order valence-corrected chi connectivity index (χ0v) is 7.53. The summed E-state index contributed by atoms with van der Waals surface area (Å²) in [6, 6.07) is 1.82. The zero-order chi connectivity index (χ0) is 10.1. The average molecular weight is 193 g/mol. The molecule has 1 aromatic rings. The molecule has 0 saturated carbocycles. The Hall–Kier alpha value is -1.62. The number of anilines is 1. The van der Waals surface area contributed by atoms with E-state index in [4.69, 9.17) is 10.8 Å². The van der Waals surface area contributed by atoms with Crippen molar-refractivity contribution in [1.82, 2.24) is 10.3 Å². The third kappa shape index (κ3) is 1.42. The molecule has 1 fully saturated rings. The van der Waals surface area contributed by atoms with Crippen LogP contribution in [0.5, 0.6) is 0 Å². The van der Waals surface area contributed by atoms with Crippen molar-refractivity contribution in [2.45, 2.75) is 12.5 Å². The van der Waals surface area contributed by atoms with Crippen LogP contribution in [0.3, 0.4) is 0 Å². The van der Waals surface area contributed by atoms with Gasteiger partial charge in [-0.3, -0.25) is 0 Å². The molecule has 1 aliphatic heterocycles. The summed E-state index contributed by atoms with van der Waals surface area (Å²) in [5, 5.41) is 12.0. The first kappa shape index (κ1) is 8.96. The standard InChI is InChI=1S/C9H11N3O2/c10-8-6(9(13)14)3-5(4-12-8)7-1-2-11-7/h3-4,7,11H,1-2H2,(H2,10,12)(H,13,14)/t7-/m1/s1. The molecule has 74 valence electrons. The quantitative estimate of drug-likeness (QED) is 0.632. The van der Waals surface area contributed by atoms with Crippen molar-refractivity contribution in [2.75, 3.05) is 12.3 Å². The number of carboxylic acid groups (broad SMARTS) is 1. The van der Waals surface area contributed by atoms with E-state index in [1.807, 2.05) is 0 Å². The molecule has 0 bridgehead atoms. The number of nitrogen functional groups attached to an aromatic ring is 1. The first-order valence-electron chi connectivity index (χ1n) is 4.40. The second-order valence-electron chi connectivity index (χ2n) is 3.30. The van der Waals surface area contributed by atoms with Gasteiger partial charge in [-0.25, -0.2) is 9.78 Å². The van der Waals surface area contributed by atoms with Crippen molar-refractivity contribution in [3.8, 4) is 0 Å². The minimum absolute atomic E-state index is 0.0700. The Morgan fingerprint density at radius 3 is 2.93 bits per heavy atom. The van der Waals surface area contributed by atoms with E-state index in [-0.39, 0.29) is 17.4 Å². The van der Waals surface area contributed by atoms with E-state index in [1.165, 1.54) is 0 Å². The molecule has 1 saturated heterocycles. The lowest BCUT2D eigenvalue weighted by Crippen LogP contribution is -2.35. The van der Waals surface area contributed by atoms with Crippen LogP contribution >= 0.6 is 0 Å². The fourth-order valence-electron chi connectivity index (χ4n) is 1.43. The maximum atomic E-state index is 10.8. The van der Waals surface area contributed by atoms with E-state index in [9.17, 15) is 4.79 Å². The Bertz CT molecular complexity index is 374. The molecule has 4 N–H and O–H groups in total. The minimum atomic E-state index is -1.03. The lowest BCUT2D eigenvalue weighted by molar-refractivity contribution is 0.0697. The van der Waals surface area contributed by atoms with Gasteiger partial charge in [-0.2, -0.15) is 0 Å². The van der Waals surface area contributed by atoms with Crippen LogP contribution in [0.25, 0.3) is 0 Å². The number of nitrogens with one attached hydrogen (secondary N) is 1. The normalized spacial score (nSPS) is 20.1. The summed E-state index contributed by atoms with van der Waals surface area (Å²) < 4.78 is 0. The molecule has 14 heavy (non-hydrogen) atoms. The lowest BCUT2D eigenvalue weighted by Gasteiger charge is -2.27. The highest BCUT2D eigenvalue weighted by Crippen LogP contribution is 2.24. The molecule has 0 aromatic carbocycles. The van der Waals surface area contributed by atoms with Crippen molar-refractivity contribution in [1.29, 1.82) is 0 Å². The molecule has 0 aliphatic carbocycles. The van der Waals surface area contributed by atoms with Gasteiger partial charge >= 0.3 is 5.97 Å². The second-order valence-corrected chi connectivity index (χ2v) is 3.30. The minimum Gasteiger partial charge on any atom is -0.478 e. The van der Waals surface area contributed by atoms with Gasteiger partial charge in [-0.15, -0.1) is 0 Å². The van der Waals surface area contributed by atoms with Crippen molar-refractivity contribution in [2.24, 2.45) is 0 Å². The van der Waals surface area contributed by atoms with E-state index < -0.39 is 5.97 Å². The van der Waals surface area contributed by atoms with Crippen LogP contribution in [0.15, 0.2) is 12.3 Å². The van der Waals surface area contributed by atoms with Crippen molar-refractivity contribution in [3.05, 3.63) is 23.4 Å². The van der Waals surface area contributed by atoms with Crippen LogP contribution < -0.4 is 11.1 Å². The monoisotopic (exact) mass is 193 g/mol. The second kappa shape index (κ2) is 3.26. The summed E-state index contributed by atoms with van der Waals surface area (Å²) in [5.74, 6) is -0.961. The van der Waals surface area contributed by atoms with Crippen LogP contribution in [0.2, 0.25) is 0 Å². The Morgan fingerprint density at radius 2 is 2.43 bits per heavy atom. The molecule has 1 atom stereocenters. The van der Waals surface area contributed by atoms with Gasteiger partial charge in [0, 0.05) is 12.2 Å². The van der Waals surface area contributed by atoms with Gasteiger partial charge in [-0.1, -0.05) is 0 Å². The van der Waals surface area contributed by atoms with Gasteiger partial charge in [0.25, 0.3) is 0 Å². The third-order valence-corrected chi connectivity index (χ3v) is 2.40. The molecule has 5 heteroatoms. The first-order chi connectivity index (χ1) is 6.68. The molecule has 2 rings (SSSR count). The molecule has 0 amide bonds. The number of nitrogens with two attached hydrogens (primary N) is 1. The summed E-state index contributed by atoms with van der Waals surface area (Å²) >= 11 is 0. The SMILES string of the molecule is Nc1ncc([C@H]2CCN2)cc1C(=O)O. The van der Waals surface area contributed by atoms with Crippen LogP contribution in [-0.2, 0) is 0 Å². The summed E-state index contributed by atoms with van der Waals surface area (Å²) in [5.41, 5.74) is 6.41. The lowest BCUT2D eigenvalue weighted by atomic mass is 9.98. The topological polar surface area (TPSA) is 88.2 Å². The van der Waals surface area contributed by atoms with Crippen molar-refractivity contribution < 1.29 is 9.90 Å². The Morgan fingerprint density at radius 1 is 1.71 bits per heavy atom. The Balaban J connectivity index is 2.34. The highest BCUT2D eigenvalue weighted by atomic mass is 16.4. The van der Waals surface area contributed by atoms with Gasteiger partial charge in [0.1, 0.15) is 11.4 Å². The number of rotatable bonds is 2. The molecule has 1 aromatic heterocycles. The van der Waals surface area contributed by atoms with E-state index in [0.717, 1.165) is 18.5 Å². The van der Waals surface area contributed by atoms with Gasteiger partial charge in [0.15, 0.2) is 0 Å². The van der Waals surface area contributed by atoms with Gasteiger partial charge < -0.3 is 16.2 Å². The van der Waals surface area contributed by atoms with Crippen molar-refractivity contribution >= 4 is 11.8 Å². The molecule has 0 radical (unpaired) electrons. The van der Waals surface area contributed by atoms with E-state index >= 15 is 0 Å². The number of hydrogen-bond acceptors (Lipinski definition) is 4. The summed E-state index contributed by atoms with van der Waals surface area (Å²) in [4.78, 5) is 14.6.